The number of benzene rings is 1. The molecule has 82 valence electrons. The smallest absolute Gasteiger partial charge is 0.148 e. The molecule has 1 aromatic heterocycles. The van der Waals surface area contributed by atoms with E-state index < -0.39 is 0 Å². The zero-order valence-corrected chi connectivity index (χ0v) is 9.27. The second-order valence-corrected chi connectivity index (χ2v) is 3.29. The van der Waals surface area contributed by atoms with Crippen LogP contribution in [0.3, 0.4) is 0 Å². The zero-order valence-electron chi connectivity index (χ0n) is 9.27. The first-order chi connectivity index (χ1) is 7.83. The number of hydrogen-bond donors (Lipinski definition) is 1. The van der Waals surface area contributed by atoms with Crippen LogP contribution in [0.1, 0.15) is 0 Å². The minimum absolute atomic E-state index is 0.756. The number of methoxy groups -OCH3 is 1. The monoisotopic (exact) mass is 215 g/mol. The third kappa shape index (κ3) is 2.11. The fourth-order valence-electron chi connectivity index (χ4n) is 1.40. The molecule has 0 aliphatic rings. The average Bonchev–Trinajstić information content (AvgIpc) is 2.39. The van der Waals surface area contributed by atoms with Gasteiger partial charge < -0.3 is 10.1 Å². The van der Waals surface area contributed by atoms with Crippen molar-refractivity contribution < 1.29 is 4.74 Å². The first kappa shape index (κ1) is 10.4. The molecular weight excluding hydrogens is 202 g/mol. The summed E-state index contributed by atoms with van der Waals surface area (Å²) in [6.45, 7) is 0. The van der Waals surface area contributed by atoms with E-state index in [0.29, 0.717) is 0 Å². The van der Waals surface area contributed by atoms with Gasteiger partial charge in [-0.3, -0.25) is 0 Å². The lowest BCUT2D eigenvalue weighted by atomic mass is 10.1. The summed E-state index contributed by atoms with van der Waals surface area (Å²) < 4.78 is 5.16. The van der Waals surface area contributed by atoms with Gasteiger partial charge in [-0.2, -0.15) is 0 Å². The van der Waals surface area contributed by atoms with Crippen molar-refractivity contribution in [2.45, 2.75) is 0 Å². The van der Waals surface area contributed by atoms with Crippen LogP contribution in [-0.2, 0) is 0 Å². The number of rotatable bonds is 3. The van der Waals surface area contributed by atoms with E-state index in [9.17, 15) is 0 Å². The Morgan fingerprint density at radius 3 is 2.62 bits per heavy atom. The molecular formula is C12H13N3O. The van der Waals surface area contributed by atoms with Gasteiger partial charge in [0.05, 0.1) is 12.8 Å². The highest BCUT2D eigenvalue weighted by Crippen LogP contribution is 2.21. The molecule has 2 aromatic rings. The van der Waals surface area contributed by atoms with Crippen LogP contribution < -0.4 is 10.1 Å². The normalized spacial score (nSPS) is 9.88. The van der Waals surface area contributed by atoms with Crippen molar-refractivity contribution in [2.24, 2.45) is 0 Å². The van der Waals surface area contributed by atoms with Crippen molar-refractivity contribution in [1.29, 1.82) is 0 Å². The van der Waals surface area contributed by atoms with Gasteiger partial charge >= 0.3 is 0 Å². The molecule has 0 aliphatic carbocycles. The van der Waals surface area contributed by atoms with Crippen LogP contribution in [0.15, 0.2) is 36.4 Å². The molecule has 1 N–H and O–H groups in total. The number of nitrogens with zero attached hydrogens (tertiary/aromatic N) is 2. The minimum atomic E-state index is 0.756. The Bertz CT molecular complexity index is 468. The van der Waals surface area contributed by atoms with Gasteiger partial charge in [0, 0.05) is 12.6 Å². The van der Waals surface area contributed by atoms with Crippen molar-refractivity contribution in [3.05, 3.63) is 36.4 Å². The molecule has 4 nitrogen and oxygen atoms in total. The van der Waals surface area contributed by atoms with Crippen molar-refractivity contribution in [1.82, 2.24) is 10.2 Å². The topological polar surface area (TPSA) is 47.0 Å². The third-order valence-corrected chi connectivity index (χ3v) is 2.29. The van der Waals surface area contributed by atoms with E-state index in [1.165, 1.54) is 0 Å². The average molecular weight is 215 g/mol. The lowest BCUT2D eigenvalue weighted by Crippen LogP contribution is -1.95. The summed E-state index contributed by atoms with van der Waals surface area (Å²) in [4.78, 5) is 0. The summed E-state index contributed by atoms with van der Waals surface area (Å²) >= 11 is 0. The standard InChI is InChI=1S/C12H13N3O/c1-13-12-7-6-11(14-15-12)9-4-3-5-10(8-9)16-2/h3-8H,1-2H3,(H,13,15). The number of nitrogens with one attached hydrogen (secondary N) is 1. The third-order valence-electron chi connectivity index (χ3n) is 2.29. The molecule has 1 heterocycles. The van der Waals surface area contributed by atoms with E-state index in [1.54, 1.807) is 7.11 Å². The molecule has 0 unspecified atom stereocenters. The fraction of sp³-hybridized carbons (Fsp3) is 0.167. The van der Waals surface area contributed by atoms with Crippen LogP contribution >= 0.6 is 0 Å². The molecule has 0 saturated carbocycles. The number of ether oxygens (including phenoxy) is 1. The molecule has 2 rings (SSSR count). The largest absolute Gasteiger partial charge is 0.497 e. The lowest BCUT2D eigenvalue weighted by Gasteiger charge is -2.04. The Kier molecular flexibility index (Phi) is 3.00. The van der Waals surface area contributed by atoms with Gasteiger partial charge in [-0.15, -0.1) is 10.2 Å². The highest BCUT2D eigenvalue weighted by Gasteiger charge is 2.01. The summed E-state index contributed by atoms with van der Waals surface area (Å²) in [5.74, 6) is 1.57. The van der Waals surface area contributed by atoms with E-state index in [2.05, 4.69) is 15.5 Å². The first-order valence-corrected chi connectivity index (χ1v) is 4.99. The van der Waals surface area contributed by atoms with Gasteiger partial charge in [0.15, 0.2) is 0 Å². The highest BCUT2D eigenvalue weighted by molar-refractivity contribution is 5.61. The molecule has 0 radical (unpaired) electrons. The number of anilines is 1. The van der Waals surface area contributed by atoms with Gasteiger partial charge in [-0.1, -0.05) is 12.1 Å². The Hall–Kier alpha value is -2.10. The summed E-state index contributed by atoms with van der Waals surface area (Å²) in [7, 11) is 3.46. The Balaban J connectivity index is 2.34. The Morgan fingerprint density at radius 2 is 2.00 bits per heavy atom. The fourth-order valence-corrected chi connectivity index (χ4v) is 1.40. The summed E-state index contributed by atoms with van der Waals surface area (Å²) in [6, 6.07) is 11.6. The van der Waals surface area contributed by atoms with Crippen LogP contribution in [0.4, 0.5) is 5.82 Å². The van der Waals surface area contributed by atoms with Crippen LogP contribution in [0.5, 0.6) is 5.75 Å². The van der Waals surface area contributed by atoms with Gasteiger partial charge in [0.25, 0.3) is 0 Å². The molecule has 0 fully saturated rings. The van der Waals surface area contributed by atoms with Crippen molar-refractivity contribution >= 4 is 5.82 Å². The molecule has 0 atom stereocenters. The van der Waals surface area contributed by atoms with Gasteiger partial charge in [-0.05, 0) is 24.3 Å². The molecule has 0 aliphatic heterocycles. The van der Waals surface area contributed by atoms with Gasteiger partial charge in [0.1, 0.15) is 11.6 Å². The predicted molar refractivity (Wildman–Crippen MR) is 63.6 cm³/mol. The van der Waals surface area contributed by atoms with Crippen LogP contribution in [0.2, 0.25) is 0 Å². The van der Waals surface area contributed by atoms with Crippen LogP contribution in [-0.4, -0.2) is 24.4 Å². The maximum Gasteiger partial charge on any atom is 0.148 e. The van der Waals surface area contributed by atoms with E-state index in [1.807, 2.05) is 43.4 Å². The lowest BCUT2D eigenvalue weighted by molar-refractivity contribution is 0.415. The van der Waals surface area contributed by atoms with E-state index in [4.69, 9.17) is 4.74 Å². The molecule has 16 heavy (non-hydrogen) atoms. The van der Waals surface area contributed by atoms with Crippen molar-refractivity contribution in [2.75, 3.05) is 19.5 Å². The van der Waals surface area contributed by atoms with E-state index in [-0.39, 0.29) is 0 Å². The minimum Gasteiger partial charge on any atom is -0.497 e. The highest BCUT2D eigenvalue weighted by atomic mass is 16.5. The van der Waals surface area contributed by atoms with Crippen LogP contribution in [0.25, 0.3) is 11.3 Å². The van der Waals surface area contributed by atoms with Gasteiger partial charge in [-0.25, -0.2) is 0 Å². The van der Waals surface area contributed by atoms with E-state index in [0.717, 1.165) is 22.8 Å². The van der Waals surface area contributed by atoms with Crippen molar-refractivity contribution in [3.63, 3.8) is 0 Å². The van der Waals surface area contributed by atoms with Gasteiger partial charge in [0.2, 0.25) is 0 Å². The summed E-state index contributed by atoms with van der Waals surface area (Å²) in [5, 5.41) is 11.1. The van der Waals surface area contributed by atoms with Crippen molar-refractivity contribution in [3.8, 4) is 17.0 Å². The molecule has 1 aromatic carbocycles. The summed E-state index contributed by atoms with van der Waals surface area (Å²) in [5.41, 5.74) is 1.83. The maximum absolute atomic E-state index is 5.16. The Morgan fingerprint density at radius 1 is 1.12 bits per heavy atom. The Labute approximate surface area is 94.3 Å². The molecule has 0 bridgehead atoms. The molecule has 0 amide bonds. The SMILES string of the molecule is CNc1ccc(-c2cccc(OC)c2)nn1. The molecule has 0 spiro atoms. The number of aromatic nitrogens is 2. The quantitative estimate of drug-likeness (QED) is 0.852. The maximum atomic E-state index is 5.16. The predicted octanol–water partition coefficient (Wildman–Crippen LogP) is 2.19. The summed E-state index contributed by atoms with van der Waals surface area (Å²) in [6.07, 6.45) is 0. The number of hydrogen-bond acceptors (Lipinski definition) is 4. The molecule has 4 heteroatoms. The second kappa shape index (κ2) is 4.61. The van der Waals surface area contributed by atoms with E-state index >= 15 is 0 Å². The molecule has 0 saturated heterocycles. The zero-order chi connectivity index (χ0) is 11.4. The second-order valence-electron chi connectivity index (χ2n) is 3.29. The van der Waals surface area contributed by atoms with Crippen LogP contribution in [0, 0.1) is 0 Å². The first-order valence-electron chi connectivity index (χ1n) is 4.99.